The Morgan fingerprint density at radius 1 is 1.14 bits per heavy atom. The molecule has 4 rings (SSSR count). The van der Waals surface area contributed by atoms with Gasteiger partial charge in [-0.2, -0.15) is 0 Å². The Morgan fingerprint density at radius 3 is 2.62 bits per heavy atom. The van der Waals surface area contributed by atoms with E-state index in [0.29, 0.717) is 39.3 Å². The third-order valence-electron chi connectivity index (χ3n) is 5.82. The van der Waals surface area contributed by atoms with Gasteiger partial charge < -0.3 is 15.2 Å². The molecule has 0 saturated carbocycles. The summed E-state index contributed by atoms with van der Waals surface area (Å²) in [4.78, 5) is 38.4. The summed E-state index contributed by atoms with van der Waals surface area (Å²) in [5.74, 6) is -1.51. The van der Waals surface area contributed by atoms with Gasteiger partial charge in [0.1, 0.15) is 5.75 Å². The number of ketones is 2. The highest BCUT2D eigenvalue weighted by Crippen LogP contribution is 2.36. The lowest BCUT2D eigenvalue weighted by atomic mass is 9.93. The number of Topliss-reactive ketones (excluding diaryl/α,β-unsaturated/α-hetero) is 2. The number of halogens is 1. The maximum atomic E-state index is 13.5. The first kappa shape index (κ1) is 26.4. The van der Waals surface area contributed by atoms with E-state index in [2.05, 4.69) is 10.6 Å². The molecule has 0 radical (unpaired) electrons. The summed E-state index contributed by atoms with van der Waals surface area (Å²) >= 11 is 6.31. The summed E-state index contributed by atoms with van der Waals surface area (Å²) in [6.07, 6.45) is 6.28. The van der Waals surface area contributed by atoms with Gasteiger partial charge in [0, 0.05) is 58.5 Å². The number of aromatic nitrogens is 1. The molecule has 2 amide bonds. The number of amides is 2. The number of hydrogen-bond acceptors (Lipinski definition) is 5. The van der Waals surface area contributed by atoms with Gasteiger partial charge in [-0.3, -0.25) is 9.59 Å². The van der Waals surface area contributed by atoms with Gasteiger partial charge in [-0.15, -0.1) is 0 Å². The number of urea groups is 1. The quantitative estimate of drug-likeness (QED) is 0.405. The number of benzene rings is 2. The number of carbonyl (C=O) groups excluding carboxylic acids is 3. The number of fused-ring (bicyclic) bond motifs is 1. The average molecular weight is 540 g/mol. The van der Waals surface area contributed by atoms with Crippen molar-refractivity contribution in [3.63, 3.8) is 0 Å². The molecular formula is C27H26ClN3O5S. The number of allylic oxidation sites excluding steroid dienone is 4. The van der Waals surface area contributed by atoms with Crippen molar-refractivity contribution in [2.24, 2.45) is 0 Å². The lowest BCUT2D eigenvalue weighted by Crippen LogP contribution is -2.28. The zero-order valence-corrected chi connectivity index (χ0v) is 21.9. The average Bonchev–Trinajstić information content (AvgIpc) is 3.11. The number of hydrogen-bond donors (Lipinski definition) is 2. The number of anilines is 1. The molecule has 0 atom stereocenters. The lowest BCUT2D eigenvalue weighted by Gasteiger charge is -2.14. The normalized spacial score (nSPS) is 13.5. The summed E-state index contributed by atoms with van der Waals surface area (Å²) in [7, 11) is -3.66. The van der Waals surface area contributed by atoms with E-state index in [0.717, 1.165) is 11.8 Å². The van der Waals surface area contributed by atoms with Crippen LogP contribution in [0.4, 0.5) is 10.5 Å². The molecule has 2 N–H and O–H groups in total. The van der Waals surface area contributed by atoms with E-state index < -0.39 is 21.4 Å². The highest BCUT2D eigenvalue weighted by molar-refractivity contribution is 7.91. The van der Waals surface area contributed by atoms with Crippen molar-refractivity contribution in [1.82, 2.24) is 9.88 Å². The van der Waals surface area contributed by atoms with Crippen molar-refractivity contribution in [3.8, 4) is 0 Å². The zero-order chi connectivity index (χ0) is 26.7. The Kier molecular flexibility index (Phi) is 7.65. The first-order chi connectivity index (χ1) is 17.6. The summed E-state index contributed by atoms with van der Waals surface area (Å²) in [5.41, 5.74) is 2.77. The van der Waals surface area contributed by atoms with Gasteiger partial charge in [-0.1, -0.05) is 42.0 Å². The van der Waals surface area contributed by atoms with Crippen molar-refractivity contribution in [2.75, 3.05) is 23.9 Å². The van der Waals surface area contributed by atoms with Gasteiger partial charge in [-0.25, -0.2) is 13.2 Å². The molecule has 0 spiro atoms. The Hall–Kier alpha value is -3.69. The number of nitrogens with one attached hydrogen (secondary N) is 2. The van der Waals surface area contributed by atoms with Crippen LogP contribution in [-0.4, -0.2) is 49.1 Å². The van der Waals surface area contributed by atoms with E-state index in [1.54, 1.807) is 59.2 Å². The van der Waals surface area contributed by atoms with E-state index in [9.17, 15) is 22.8 Å². The van der Waals surface area contributed by atoms with Crippen LogP contribution >= 0.6 is 11.6 Å². The van der Waals surface area contributed by atoms with Crippen LogP contribution in [0.15, 0.2) is 60.7 Å². The van der Waals surface area contributed by atoms with Crippen LogP contribution in [0, 0.1) is 0 Å². The van der Waals surface area contributed by atoms with Gasteiger partial charge in [0.2, 0.25) is 0 Å². The molecule has 1 aliphatic rings. The molecule has 37 heavy (non-hydrogen) atoms. The highest BCUT2D eigenvalue weighted by atomic mass is 35.5. The fraction of sp³-hybridized carbons (Fsp3) is 0.222. The molecule has 8 nitrogen and oxygen atoms in total. The Labute approximate surface area is 219 Å². The van der Waals surface area contributed by atoms with E-state index >= 15 is 0 Å². The van der Waals surface area contributed by atoms with Crippen molar-refractivity contribution in [2.45, 2.75) is 19.9 Å². The third kappa shape index (κ3) is 6.00. The van der Waals surface area contributed by atoms with Gasteiger partial charge in [0.25, 0.3) is 0 Å². The second-order valence-electron chi connectivity index (χ2n) is 8.79. The maximum Gasteiger partial charge on any atom is 0.319 e. The monoisotopic (exact) mass is 539 g/mol. The zero-order valence-electron chi connectivity index (χ0n) is 20.4. The Morgan fingerprint density at radius 2 is 1.92 bits per heavy atom. The first-order valence-corrected chi connectivity index (χ1v) is 14.1. The number of rotatable bonds is 8. The van der Waals surface area contributed by atoms with Crippen molar-refractivity contribution >= 4 is 61.2 Å². The number of sulfone groups is 1. The number of carbonyl (C=O) groups is 3. The molecule has 0 saturated heterocycles. The van der Waals surface area contributed by atoms with E-state index in [1.165, 1.54) is 0 Å². The van der Waals surface area contributed by atoms with Crippen LogP contribution in [0.1, 0.15) is 35.0 Å². The molecule has 10 heteroatoms. The molecule has 3 aromatic rings. The van der Waals surface area contributed by atoms with Crippen LogP contribution in [0.25, 0.3) is 16.5 Å². The van der Waals surface area contributed by atoms with Crippen molar-refractivity contribution in [1.29, 1.82) is 0 Å². The SMILES string of the molecule is CCNC(=O)Nc1cccc(Cn2c(C(=O)CS(C)(=O)=O)c(C3=CC=CCC3=O)c3cc(Cl)ccc32)c1. The molecule has 2 aromatic carbocycles. The highest BCUT2D eigenvalue weighted by Gasteiger charge is 2.29. The minimum atomic E-state index is -3.66. The van der Waals surface area contributed by atoms with Crippen molar-refractivity contribution < 1.29 is 22.8 Å². The fourth-order valence-electron chi connectivity index (χ4n) is 4.39. The summed E-state index contributed by atoms with van der Waals surface area (Å²) < 4.78 is 25.9. The molecule has 192 valence electrons. The molecular weight excluding hydrogens is 514 g/mol. The second-order valence-corrected chi connectivity index (χ2v) is 11.4. The molecule has 0 fully saturated rings. The molecule has 1 heterocycles. The molecule has 1 aromatic heterocycles. The second kappa shape index (κ2) is 10.7. The van der Waals surface area contributed by atoms with Crippen LogP contribution in [-0.2, 0) is 21.2 Å². The van der Waals surface area contributed by atoms with Crippen LogP contribution in [0.2, 0.25) is 5.02 Å². The summed E-state index contributed by atoms with van der Waals surface area (Å²) in [5, 5.41) is 6.43. The van der Waals surface area contributed by atoms with Crippen molar-refractivity contribution in [3.05, 3.63) is 82.5 Å². The fourth-order valence-corrected chi connectivity index (χ4v) is 5.18. The predicted molar refractivity (Wildman–Crippen MR) is 146 cm³/mol. The summed E-state index contributed by atoms with van der Waals surface area (Å²) in [6, 6.07) is 11.9. The molecule has 0 bridgehead atoms. The van der Waals surface area contributed by atoms with Crippen LogP contribution in [0.3, 0.4) is 0 Å². The lowest BCUT2D eigenvalue weighted by molar-refractivity contribution is -0.113. The van der Waals surface area contributed by atoms with E-state index in [-0.39, 0.29) is 30.5 Å². The minimum Gasteiger partial charge on any atom is -0.338 e. The minimum absolute atomic E-state index is 0.125. The maximum absolute atomic E-state index is 13.5. The Balaban J connectivity index is 1.92. The standard InChI is InChI=1S/C27H26ClN3O5S/c1-3-29-27(34)30-19-8-6-7-17(13-19)15-31-22-12-11-18(28)14-21(22)25(20-9-4-5-10-23(20)32)26(31)24(33)16-37(2,35)36/h4-9,11-14H,3,10,15-16H2,1-2H3,(H2,29,30,34). The largest absolute Gasteiger partial charge is 0.338 e. The first-order valence-electron chi connectivity index (χ1n) is 11.6. The van der Waals surface area contributed by atoms with Crippen LogP contribution in [0.5, 0.6) is 0 Å². The third-order valence-corrected chi connectivity index (χ3v) is 6.84. The van der Waals surface area contributed by atoms with Gasteiger partial charge in [0.05, 0.1) is 5.69 Å². The molecule has 0 aliphatic heterocycles. The van der Waals surface area contributed by atoms with E-state index in [1.807, 2.05) is 13.0 Å². The molecule has 1 aliphatic carbocycles. The van der Waals surface area contributed by atoms with E-state index in [4.69, 9.17) is 11.6 Å². The smallest absolute Gasteiger partial charge is 0.319 e. The van der Waals surface area contributed by atoms with Gasteiger partial charge >= 0.3 is 6.03 Å². The predicted octanol–water partition coefficient (Wildman–Crippen LogP) is 4.62. The summed E-state index contributed by atoms with van der Waals surface area (Å²) in [6.45, 7) is 2.47. The molecule has 0 unspecified atom stereocenters. The van der Waals surface area contributed by atoms with Gasteiger partial charge in [-0.05, 0) is 42.8 Å². The van der Waals surface area contributed by atoms with Gasteiger partial charge in [0.15, 0.2) is 21.4 Å². The van der Waals surface area contributed by atoms with Crippen LogP contribution < -0.4 is 10.6 Å². The Bertz CT molecular complexity index is 1580. The topological polar surface area (TPSA) is 114 Å². The number of nitrogens with zero attached hydrogens (tertiary/aromatic N) is 1.